The van der Waals surface area contributed by atoms with Crippen LogP contribution in [0.5, 0.6) is 0 Å². The molecule has 5 rings (SSSR count). The second-order valence-corrected chi connectivity index (χ2v) is 13.9. The number of hydrogen-bond acceptors (Lipinski definition) is 4. The van der Waals surface area contributed by atoms with Gasteiger partial charge in [0.2, 0.25) is 11.8 Å². The van der Waals surface area contributed by atoms with Crippen LogP contribution in [-0.4, -0.2) is 70.2 Å². The summed E-state index contributed by atoms with van der Waals surface area (Å²) in [5.74, 6) is 3.60. The SMILES string of the molecule is CC(=O)N1CCN(C(=O)CCC(C)[C@H]2CC[C@H]3[C@@H]4CC[C@H]5C[C@@H](O)CC[C@]5(C)[C@H]4[C@@H](O)C[C@]23C)CC1. The Morgan fingerprint density at radius 2 is 1.64 bits per heavy atom. The minimum absolute atomic E-state index is 0.0974. The highest BCUT2D eigenvalue weighted by Gasteiger charge is 2.63. The van der Waals surface area contributed by atoms with Crippen molar-refractivity contribution in [3.05, 3.63) is 0 Å². The Balaban J connectivity index is 1.21. The number of piperazine rings is 1. The predicted octanol–water partition coefficient (Wildman–Crippen LogP) is 4.08. The number of amides is 2. The van der Waals surface area contributed by atoms with E-state index < -0.39 is 0 Å². The average Bonchev–Trinajstić information content (AvgIpc) is 3.19. The average molecular weight is 503 g/mol. The third-order valence-corrected chi connectivity index (χ3v) is 12.2. The van der Waals surface area contributed by atoms with Crippen molar-refractivity contribution in [3.8, 4) is 0 Å². The third-order valence-electron chi connectivity index (χ3n) is 12.2. The Kier molecular flexibility index (Phi) is 7.26. The van der Waals surface area contributed by atoms with Crippen molar-refractivity contribution in [2.24, 2.45) is 46.3 Å². The first kappa shape index (κ1) is 26.5. The van der Waals surface area contributed by atoms with Crippen LogP contribution >= 0.6 is 0 Å². The molecule has 0 aromatic carbocycles. The molecule has 0 radical (unpaired) electrons. The number of carbonyl (C=O) groups excluding carboxylic acids is 2. The standard InChI is InChI=1S/C30H50N2O4/c1-19(5-10-27(36)32-15-13-31(14-16-32)20(2)33)24-8-9-25-23-7-6-21-17-22(34)11-12-29(21,3)28(23)26(35)18-30(24,25)4/h19,21-26,28,34-35H,5-18H2,1-4H3/t19?,21-,22-,23-,24+,25-,26-,28+,29-,30+/m0/s1. The summed E-state index contributed by atoms with van der Waals surface area (Å²) < 4.78 is 0. The van der Waals surface area contributed by atoms with Gasteiger partial charge in [-0.05, 0) is 104 Å². The van der Waals surface area contributed by atoms with E-state index in [9.17, 15) is 19.8 Å². The lowest BCUT2D eigenvalue weighted by atomic mass is 9.43. The van der Waals surface area contributed by atoms with Gasteiger partial charge in [-0.1, -0.05) is 20.8 Å². The second kappa shape index (κ2) is 9.87. The monoisotopic (exact) mass is 502 g/mol. The molecule has 0 aromatic heterocycles. The largest absolute Gasteiger partial charge is 0.393 e. The molecule has 0 spiro atoms. The van der Waals surface area contributed by atoms with Gasteiger partial charge in [0.25, 0.3) is 0 Å². The van der Waals surface area contributed by atoms with Crippen LogP contribution in [0.4, 0.5) is 0 Å². The zero-order chi connectivity index (χ0) is 25.8. The summed E-state index contributed by atoms with van der Waals surface area (Å²) in [6, 6.07) is 0. The lowest BCUT2D eigenvalue weighted by Gasteiger charge is -2.62. The molecule has 2 amide bonds. The molecule has 1 heterocycles. The van der Waals surface area contributed by atoms with Crippen LogP contribution in [-0.2, 0) is 9.59 Å². The van der Waals surface area contributed by atoms with Gasteiger partial charge in [-0.15, -0.1) is 0 Å². The summed E-state index contributed by atoms with van der Waals surface area (Å²) in [4.78, 5) is 28.3. The Morgan fingerprint density at radius 3 is 2.33 bits per heavy atom. The number of carbonyl (C=O) groups is 2. The zero-order valence-corrected chi connectivity index (χ0v) is 23.1. The first-order valence-corrected chi connectivity index (χ1v) is 14.9. The van der Waals surface area contributed by atoms with E-state index in [1.165, 1.54) is 25.7 Å². The molecule has 5 fully saturated rings. The fraction of sp³-hybridized carbons (Fsp3) is 0.933. The number of rotatable bonds is 4. The third kappa shape index (κ3) is 4.42. The fourth-order valence-corrected chi connectivity index (χ4v) is 10.3. The minimum atomic E-state index is -0.244. The summed E-state index contributed by atoms with van der Waals surface area (Å²) in [6.07, 6.45) is 9.80. The van der Waals surface area contributed by atoms with Gasteiger partial charge >= 0.3 is 0 Å². The lowest BCUT2D eigenvalue weighted by molar-refractivity contribution is -0.179. The van der Waals surface area contributed by atoms with E-state index in [2.05, 4.69) is 20.8 Å². The summed E-state index contributed by atoms with van der Waals surface area (Å²) in [5, 5.41) is 22.0. The topological polar surface area (TPSA) is 81.1 Å². The molecule has 2 N–H and O–H groups in total. The summed E-state index contributed by atoms with van der Waals surface area (Å²) in [6.45, 7) is 11.5. The minimum Gasteiger partial charge on any atom is -0.393 e. The molecule has 1 unspecified atom stereocenters. The Labute approximate surface area is 218 Å². The Hall–Kier alpha value is -1.14. The van der Waals surface area contributed by atoms with E-state index in [1.54, 1.807) is 6.92 Å². The molecule has 1 aliphatic heterocycles. The van der Waals surface area contributed by atoms with E-state index in [-0.39, 0.29) is 34.9 Å². The molecule has 6 heteroatoms. The van der Waals surface area contributed by atoms with Gasteiger partial charge in [-0.3, -0.25) is 9.59 Å². The van der Waals surface area contributed by atoms with Gasteiger partial charge in [0.15, 0.2) is 0 Å². The number of aliphatic hydroxyl groups is 2. The van der Waals surface area contributed by atoms with Crippen molar-refractivity contribution in [3.63, 3.8) is 0 Å². The summed E-state index contributed by atoms with van der Waals surface area (Å²) in [7, 11) is 0. The normalized spacial score (nSPS) is 45.4. The molecule has 6 nitrogen and oxygen atoms in total. The Bertz CT molecular complexity index is 841. The van der Waals surface area contributed by atoms with E-state index in [1.807, 2.05) is 9.80 Å². The van der Waals surface area contributed by atoms with Crippen molar-refractivity contribution >= 4 is 11.8 Å². The van der Waals surface area contributed by atoms with Crippen LogP contribution in [0.25, 0.3) is 0 Å². The van der Waals surface area contributed by atoms with E-state index in [0.717, 1.165) is 32.1 Å². The van der Waals surface area contributed by atoms with Crippen molar-refractivity contribution in [1.29, 1.82) is 0 Å². The fourth-order valence-electron chi connectivity index (χ4n) is 10.3. The lowest BCUT2D eigenvalue weighted by Crippen LogP contribution is -2.59. The van der Waals surface area contributed by atoms with Crippen molar-refractivity contribution in [2.75, 3.05) is 26.2 Å². The van der Waals surface area contributed by atoms with Crippen molar-refractivity contribution in [2.45, 2.75) is 104 Å². The highest BCUT2D eigenvalue weighted by atomic mass is 16.3. The number of aliphatic hydroxyl groups excluding tert-OH is 2. The highest BCUT2D eigenvalue weighted by molar-refractivity contribution is 5.77. The molecular formula is C30H50N2O4. The molecule has 36 heavy (non-hydrogen) atoms. The molecule has 0 bridgehead atoms. The maximum Gasteiger partial charge on any atom is 0.222 e. The van der Waals surface area contributed by atoms with Crippen molar-refractivity contribution in [1.82, 2.24) is 9.80 Å². The summed E-state index contributed by atoms with van der Waals surface area (Å²) >= 11 is 0. The van der Waals surface area contributed by atoms with Crippen LogP contribution in [0.15, 0.2) is 0 Å². The molecule has 5 aliphatic rings. The van der Waals surface area contributed by atoms with Crippen LogP contribution in [0, 0.1) is 46.3 Å². The molecule has 1 saturated heterocycles. The van der Waals surface area contributed by atoms with Gasteiger partial charge in [0, 0.05) is 39.5 Å². The van der Waals surface area contributed by atoms with Crippen LogP contribution in [0.3, 0.4) is 0 Å². The predicted molar refractivity (Wildman–Crippen MR) is 140 cm³/mol. The second-order valence-electron chi connectivity index (χ2n) is 13.9. The molecule has 4 aliphatic carbocycles. The first-order chi connectivity index (χ1) is 17.0. The van der Waals surface area contributed by atoms with Crippen LogP contribution in [0.1, 0.15) is 91.9 Å². The molecule has 0 aromatic rings. The highest BCUT2D eigenvalue weighted by Crippen LogP contribution is 2.68. The maximum atomic E-state index is 13.0. The zero-order valence-electron chi connectivity index (χ0n) is 23.1. The van der Waals surface area contributed by atoms with Gasteiger partial charge in [-0.25, -0.2) is 0 Å². The van der Waals surface area contributed by atoms with Gasteiger partial charge in [-0.2, -0.15) is 0 Å². The first-order valence-electron chi connectivity index (χ1n) is 14.9. The molecule has 4 saturated carbocycles. The van der Waals surface area contributed by atoms with Gasteiger partial charge in [0.05, 0.1) is 12.2 Å². The number of fused-ring (bicyclic) bond motifs is 5. The maximum absolute atomic E-state index is 13.0. The summed E-state index contributed by atoms with van der Waals surface area (Å²) in [5.41, 5.74) is 0.332. The van der Waals surface area contributed by atoms with Gasteiger partial charge < -0.3 is 20.0 Å². The quantitative estimate of drug-likeness (QED) is 0.607. The van der Waals surface area contributed by atoms with Crippen LogP contribution < -0.4 is 0 Å². The number of hydrogen-bond donors (Lipinski definition) is 2. The number of nitrogens with zero attached hydrogens (tertiary/aromatic N) is 2. The molecule has 204 valence electrons. The van der Waals surface area contributed by atoms with Gasteiger partial charge in [0.1, 0.15) is 0 Å². The Morgan fingerprint density at radius 1 is 0.944 bits per heavy atom. The van der Waals surface area contributed by atoms with Crippen molar-refractivity contribution < 1.29 is 19.8 Å². The van der Waals surface area contributed by atoms with E-state index >= 15 is 0 Å². The molecular weight excluding hydrogens is 452 g/mol. The van der Waals surface area contributed by atoms with E-state index in [0.29, 0.717) is 68.1 Å². The molecule has 10 atom stereocenters. The van der Waals surface area contributed by atoms with Crippen LogP contribution in [0.2, 0.25) is 0 Å². The van der Waals surface area contributed by atoms with E-state index in [4.69, 9.17) is 0 Å². The smallest absolute Gasteiger partial charge is 0.222 e.